The van der Waals surface area contributed by atoms with Gasteiger partial charge in [0.25, 0.3) is 0 Å². The van der Waals surface area contributed by atoms with Gasteiger partial charge in [-0.1, -0.05) is 6.07 Å². The number of ether oxygens (including phenoxy) is 1. The van der Waals surface area contributed by atoms with E-state index in [9.17, 15) is 9.00 Å². The molecule has 0 N–H and O–H groups in total. The van der Waals surface area contributed by atoms with E-state index in [1.54, 1.807) is 17.0 Å². The summed E-state index contributed by atoms with van der Waals surface area (Å²) in [6.07, 6.45) is 1.43. The molecule has 2 atom stereocenters. The molecule has 0 radical (unpaired) electrons. The molecule has 0 bridgehead atoms. The van der Waals surface area contributed by atoms with E-state index in [4.69, 9.17) is 4.74 Å². The van der Waals surface area contributed by atoms with Gasteiger partial charge in [0.15, 0.2) is 0 Å². The first kappa shape index (κ1) is 17.4. The smallest absolute Gasteiger partial charge is 0.410 e. The number of rotatable bonds is 3. The van der Waals surface area contributed by atoms with Gasteiger partial charge >= 0.3 is 6.09 Å². The third-order valence-electron chi connectivity index (χ3n) is 3.27. The van der Waals surface area contributed by atoms with Gasteiger partial charge in [0.2, 0.25) is 0 Å². The van der Waals surface area contributed by atoms with Crippen LogP contribution in [0, 0.1) is 0 Å². The van der Waals surface area contributed by atoms with E-state index in [2.05, 4.69) is 20.9 Å². The highest BCUT2D eigenvalue weighted by molar-refractivity contribution is 9.10. The third-order valence-corrected chi connectivity index (χ3v) is 5.09. The van der Waals surface area contributed by atoms with Crippen molar-refractivity contribution in [2.45, 2.75) is 50.3 Å². The topological polar surface area (TPSA) is 59.5 Å². The highest BCUT2D eigenvalue weighted by Gasteiger charge is 2.33. The van der Waals surface area contributed by atoms with E-state index < -0.39 is 16.4 Å². The van der Waals surface area contributed by atoms with Gasteiger partial charge in [-0.25, -0.2) is 9.78 Å². The number of pyridine rings is 1. The molecular formula is C15H21BrN2O3S. The van der Waals surface area contributed by atoms with Crippen molar-refractivity contribution >= 4 is 32.8 Å². The molecule has 1 fully saturated rings. The molecule has 2 heterocycles. The van der Waals surface area contributed by atoms with E-state index >= 15 is 0 Å². The standard InChI is InChI=1S/C15H21BrN2O3S/c1-15(2,3)21-14(19)18-9-5-6-11(18)10-22(20)13-8-4-7-12(16)17-13/h4,7-8,11H,5-6,9-10H2,1-3H3/t11-,22-/m1/s1. The number of likely N-dealkylation sites (tertiary alicyclic amines) is 1. The van der Waals surface area contributed by atoms with Gasteiger partial charge in [-0.15, -0.1) is 0 Å². The monoisotopic (exact) mass is 388 g/mol. The lowest BCUT2D eigenvalue weighted by Gasteiger charge is -2.28. The third kappa shape index (κ3) is 4.78. The highest BCUT2D eigenvalue weighted by Crippen LogP contribution is 2.23. The predicted octanol–water partition coefficient (Wildman–Crippen LogP) is 3.35. The Balaban J connectivity index is 2.02. The normalized spacial score (nSPS) is 20.0. The number of nitrogens with zero attached hydrogens (tertiary/aromatic N) is 2. The van der Waals surface area contributed by atoms with Crippen molar-refractivity contribution in [1.82, 2.24) is 9.88 Å². The zero-order chi connectivity index (χ0) is 16.3. The average molecular weight is 389 g/mol. The summed E-state index contributed by atoms with van der Waals surface area (Å²) in [6, 6.07) is 5.29. The minimum Gasteiger partial charge on any atom is -0.444 e. The van der Waals surface area contributed by atoms with E-state index in [-0.39, 0.29) is 12.1 Å². The van der Waals surface area contributed by atoms with E-state index in [1.165, 1.54) is 0 Å². The second kappa shape index (κ2) is 7.08. The van der Waals surface area contributed by atoms with Gasteiger partial charge in [-0.05, 0) is 61.7 Å². The van der Waals surface area contributed by atoms with Crippen molar-refractivity contribution < 1.29 is 13.7 Å². The second-order valence-electron chi connectivity index (χ2n) is 6.28. The summed E-state index contributed by atoms with van der Waals surface area (Å²) in [6.45, 7) is 6.20. The van der Waals surface area contributed by atoms with Crippen LogP contribution in [0.15, 0.2) is 27.8 Å². The summed E-state index contributed by atoms with van der Waals surface area (Å²) < 4.78 is 18.5. The fourth-order valence-corrected chi connectivity index (χ4v) is 4.10. The lowest BCUT2D eigenvalue weighted by atomic mass is 10.2. The molecule has 22 heavy (non-hydrogen) atoms. The first-order valence-electron chi connectivity index (χ1n) is 7.27. The van der Waals surface area contributed by atoms with Gasteiger partial charge in [-0.3, -0.25) is 4.21 Å². The lowest BCUT2D eigenvalue weighted by molar-refractivity contribution is 0.0241. The summed E-state index contributed by atoms with van der Waals surface area (Å²) in [4.78, 5) is 18.1. The maximum absolute atomic E-state index is 12.5. The quantitative estimate of drug-likeness (QED) is 0.744. The molecule has 5 nitrogen and oxygen atoms in total. The second-order valence-corrected chi connectivity index (χ2v) is 8.54. The van der Waals surface area contributed by atoms with E-state index in [1.807, 2.05) is 26.8 Å². The molecular weight excluding hydrogens is 368 g/mol. The summed E-state index contributed by atoms with van der Waals surface area (Å²) in [5, 5.41) is 0.533. The van der Waals surface area contributed by atoms with Crippen molar-refractivity contribution in [2.75, 3.05) is 12.3 Å². The van der Waals surface area contributed by atoms with Crippen LogP contribution in [0.1, 0.15) is 33.6 Å². The molecule has 1 amide bonds. The zero-order valence-corrected chi connectivity index (χ0v) is 15.4. The van der Waals surface area contributed by atoms with Crippen molar-refractivity contribution in [2.24, 2.45) is 0 Å². The molecule has 0 aromatic carbocycles. The van der Waals surface area contributed by atoms with Gasteiger partial charge in [0.05, 0.1) is 16.6 Å². The Labute approximate surface area is 142 Å². The van der Waals surface area contributed by atoms with Gasteiger partial charge in [0, 0.05) is 12.6 Å². The van der Waals surface area contributed by atoms with Crippen LogP contribution in [-0.2, 0) is 15.5 Å². The van der Waals surface area contributed by atoms with Crippen LogP contribution in [0.25, 0.3) is 0 Å². The molecule has 0 spiro atoms. The number of amides is 1. The summed E-state index contributed by atoms with van der Waals surface area (Å²) in [5.74, 6) is 0.392. The molecule has 7 heteroatoms. The predicted molar refractivity (Wildman–Crippen MR) is 89.2 cm³/mol. The fraction of sp³-hybridized carbons (Fsp3) is 0.600. The Bertz CT molecular complexity index is 574. The van der Waals surface area contributed by atoms with Crippen LogP contribution in [0.2, 0.25) is 0 Å². The van der Waals surface area contributed by atoms with Crippen molar-refractivity contribution in [3.63, 3.8) is 0 Å². The van der Waals surface area contributed by atoms with Gasteiger partial charge in [0.1, 0.15) is 15.2 Å². The number of hydrogen-bond donors (Lipinski definition) is 0. The molecule has 122 valence electrons. The Morgan fingerprint density at radius 3 is 2.86 bits per heavy atom. The SMILES string of the molecule is CC(C)(C)OC(=O)N1CCC[C@@H]1C[S@@](=O)c1cccc(Br)n1. The van der Waals surface area contributed by atoms with Crippen LogP contribution in [0.3, 0.4) is 0 Å². The van der Waals surface area contributed by atoms with Crippen LogP contribution in [0.4, 0.5) is 4.79 Å². The minimum absolute atomic E-state index is 0.0588. The minimum atomic E-state index is -1.23. The molecule has 1 saturated heterocycles. The number of aromatic nitrogens is 1. The number of hydrogen-bond acceptors (Lipinski definition) is 4. The maximum atomic E-state index is 12.5. The number of carbonyl (C=O) groups is 1. The molecule has 0 saturated carbocycles. The van der Waals surface area contributed by atoms with E-state index in [0.717, 1.165) is 12.8 Å². The molecule has 1 aliphatic rings. The number of carbonyl (C=O) groups excluding carboxylic acids is 1. The van der Waals surface area contributed by atoms with Gasteiger partial charge in [-0.2, -0.15) is 0 Å². The lowest BCUT2D eigenvalue weighted by Crippen LogP contribution is -2.42. The molecule has 0 aliphatic carbocycles. The van der Waals surface area contributed by atoms with Crippen molar-refractivity contribution in [1.29, 1.82) is 0 Å². The molecule has 1 aliphatic heterocycles. The van der Waals surface area contributed by atoms with Crippen LogP contribution in [0.5, 0.6) is 0 Å². The fourth-order valence-electron chi connectivity index (χ4n) is 2.35. The summed E-state index contributed by atoms with van der Waals surface area (Å²) in [7, 11) is -1.23. The Morgan fingerprint density at radius 1 is 1.50 bits per heavy atom. The van der Waals surface area contributed by atoms with Crippen LogP contribution >= 0.6 is 15.9 Å². The van der Waals surface area contributed by atoms with Crippen molar-refractivity contribution in [3.05, 3.63) is 22.8 Å². The van der Waals surface area contributed by atoms with Gasteiger partial charge < -0.3 is 9.64 Å². The van der Waals surface area contributed by atoms with Crippen molar-refractivity contribution in [3.8, 4) is 0 Å². The number of halogens is 1. The largest absolute Gasteiger partial charge is 0.444 e. The Kier molecular flexibility index (Phi) is 5.60. The molecule has 1 aromatic heterocycles. The first-order chi connectivity index (χ1) is 10.3. The zero-order valence-electron chi connectivity index (χ0n) is 13.0. The van der Waals surface area contributed by atoms with Crippen LogP contribution < -0.4 is 0 Å². The molecule has 1 aromatic rings. The van der Waals surface area contributed by atoms with Crippen LogP contribution in [-0.4, -0.2) is 44.1 Å². The average Bonchev–Trinajstić information content (AvgIpc) is 2.85. The summed E-state index contributed by atoms with van der Waals surface area (Å²) >= 11 is 3.28. The highest BCUT2D eigenvalue weighted by atomic mass is 79.9. The Morgan fingerprint density at radius 2 is 2.23 bits per heavy atom. The molecule has 0 unspecified atom stereocenters. The maximum Gasteiger partial charge on any atom is 0.410 e. The first-order valence-corrected chi connectivity index (χ1v) is 9.38. The van der Waals surface area contributed by atoms with E-state index in [0.29, 0.717) is 21.9 Å². The Hall–Kier alpha value is -0.950. The molecule has 2 rings (SSSR count). The summed E-state index contributed by atoms with van der Waals surface area (Å²) in [5.41, 5.74) is -0.519.